The van der Waals surface area contributed by atoms with E-state index in [4.69, 9.17) is 0 Å². The predicted octanol–water partition coefficient (Wildman–Crippen LogP) is 4.89. The van der Waals surface area contributed by atoms with Crippen molar-refractivity contribution < 1.29 is 0 Å². The average Bonchev–Trinajstić information content (AvgIpc) is 2.95. The fourth-order valence-corrected chi connectivity index (χ4v) is 2.29. The molecule has 24 heavy (non-hydrogen) atoms. The highest BCUT2D eigenvalue weighted by molar-refractivity contribution is 6.50. The molecule has 4 heteroatoms. The minimum Gasteiger partial charge on any atom is -0.337 e. The normalized spacial score (nSPS) is 13.4. The van der Waals surface area contributed by atoms with Crippen LogP contribution in [-0.4, -0.2) is 11.7 Å². The molecule has 0 aromatic heterocycles. The molecule has 1 heterocycles. The Morgan fingerprint density at radius 3 is 1.38 bits per heavy atom. The van der Waals surface area contributed by atoms with E-state index >= 15 is 0 Å². The predicted molar refractivity (Wildman–Crippen MR) is 103 cm³/mol. The maximum absolute atomic E-state index is 4.62. The SMILES string of the molecule is CC(C)=C1N=C(Nc2ccc(C)cc2)C(Nc2ccc(C)cc2)=N1. The van der Waals surface area contributed by atoms with Gasteiger partial charge in [0.2, 0.25) is 0 Å². The molecule has 4 nitrogen and oxygen atoms in total. The van der Waals surface area contributed by atoms with Crippen LogP contribution >= 0.6 is 0 Å². The molecule has 2 N–H and O–H groups in total. The van der Waals surface area contributed by atoms with Crippen molar-refractivity contribution in [3.63, 3.8) is 0 Å². The van der Waals surface area contributed by atoms with E-state index in [1.165, 1.54) is 11.1 Å². The Morgan fingerprint density at radius 2 is 1.04 bits per heavy atom. The van der Waals surface area contributed by atoms with Crippen molar-refractivity contribution in [1.82, 2.24) is 0 Å². The van der Waals surface area contributed by atoms with Crippen LogP contribution in [0, 0.1) is 13.8 Å². The van der Waals surface area contributed by atoms with Crippen molar-refractivity contribution in [2.45, 2.75) is 27.7 Å². The summed E-state index contributed by atoms with van der Waals surface area (Å²) in [6, 6.07) is 16.5. The number of nitrogens with one attached hydrogen (secondary N) is 2. The van der Waals surface area contributed by atoms with Crippen LogP contribution in [0.4, 0.5) is 11.4 Å². The number of anilines is 2. The Bertz CT molecular complexity index is 755. The lowest BCUT2D eigenvalue weighted by Crippen LogP contribution is -2.27. The third-order valence-corrected chi connectivity index (χ3v) is 3.74. The van der Waals surface area contributed by atoms with Gasteiger partial charge in [-0.15, -0.1) is 0 Å². The van der Waals surface area contributed by atoms with E-state index in [0.29, 0.717) is 0 Å². The number of amidine groups is 2. The Morgan fingerprint density at radius 1 is 0.667 bits per heavy atom. The Balaban J connectivity index is 1.86. The van der Waals surface area contributed by atoms with Crippen LogP contribution in [0.15, 0.2) is 69.9 Å². The molecule has 0 unspecified atom stereocenters. The molecule has 3 rings (SSSR count). The van der Waals surface area contributed by atoms with Gasteiger partial charge in [0.1, 0.15) is 0 Å². The number of rotatable bonds is 2. The number of hydrogen-bond donors (Lipinski definition) is 2. The fraction of sp³-hybridized carbons (Fsp3) is 0.200. The zero-order valence-electron chi connectivity index (χ0n) is 14.5. The summed E-state index contributed by atoms with van der Waals surface area (Å²) in [5, 5.41) is 6.71. The lowest BCUT2D eigenvalue weighted by atomic mass is 10.2. The second-order valence-corrected chi connectivity index (χ2v) is 6.23. The number of aliphatic imine (C=N–C) groups is 2. The fourth-order valence-electron chi connectivity index (χ4n) is 2.29. The summed E-state index contributed by atoms with van der Waals surface area (Å²) < 4.78 is 0. The van der Waals surface area contributed by atoms with Crippen LogP contribution < -0.4 is 10.6 Å². The monoisotopic (exact) mass is 318 g/mol. The first-order valence-corrected chi connectivity index (χ1v) is 8.04. The van der Waals surface area contributed by atoms with Gasteiger partial charge in [0, 0.05) is 11.4 Å². The zero-order valence-corrected chi connectivity index (χ0v) is 14.5. The number of allylic oxidation sites excluding steroid dienone is 1. The van der Waals surface area contributed by atoms with Crippen LogP contribution in [0.3, 0.4) is 0 Å². The molecule has 0 saturated carbocycles. The van der Waals surface area contributed by atoms with Crippen molar-refractivity contribution in [3.05, 3.63) is 71.1 Å². The molecule has 2 aromatic rings. The molecular weight excluding hydrogens is 296 g/mol. The van der Waals surface area contributed by atoms with Gasteiger partial charge < -0.3 is 10.6 Å². The van der Waals surface area contributed by atoms with Gasteiger partial charge >= 0.3 is 0 Å². The molecule has 0 saturated heterocycles. The summed E-state index contributed by atoms with van der Waals surface area (Å²) in [7, 11) is 0. The molecular formula is C20H22N4. The molecule has 0 radical (unpaired) electrons. The number of nitrogens with zero attached hydrogens (tertiary/aromatic N) is 2. The third-order valence-electron chi connectivity index (χ3n) is 3.74. The van der Waals surface area contributed by atoms with Gasteiger partial charge in [-0.25, -0.2) is 9.98 Å². The second-order valence-electron chi connectivity index (χ2n) is 6.23. The Kier molecular flexibility index (Phi) is 4.47. The summed E-state index contributed by atoms with van der Waals surface area (Å²) in [6.45, 7) is 8.18. The third kappa shape index (κ3) is 3.71. The van der Waals surface area contributed by atoms with Gasteiger partial charge in [0.25, 0.3) is 0 Å². The van der Waals surface area contributed by atoms with E-state index in [1.807, 2.05) is 38.1 Å². The molecule has 0 bridgehead atoms. The van der Waals surface area contributed by atoms with Gasteiger partial charge in [-0.2, -0.15) is 0 Å². The van der Waals surface area contributed by atoms with Gasteiger partial charge in [0.05, 0.1) is 0 Å². The number of aryl methyl sites for hydroxylation is 2. The summed E-state index contributed by atoms with van der Waals surface area (Å²) in [6.07, 6.45) is 0. The van der Waals surface area contributed by atoms with Crippen molar-refractivity contribution in [2.75, 3.05) is 10.6 Å². The van der Waals surface area contributed by atoms with Gasteiger partial charge in [-0.1, -0.05) is 35.4 Å². The highest BCUT2D eigenvalue weighted by Crippen LogP contribution is 2.19. The summed E-state index contributed by atoms with van der Waals surface area (Å²) in [5.41, 5.74) is 5.52. The minimum atomic E-state index is 0.732. The van der Waals surface area contributed by atoms with Crippen LogP contribution in [0.1, 0.15) is 25.0 Å². The van der Waals surface area contributed by atoms with E-state index in [0.717, 1.165) is 34.4 Å². The second kappa shape index (κ2) is 6.71. The molecule has 0 spiro atoms. The topological polar surface area (TPSA) is 48.8 Å². The molecule has 122 valence electrons. The first kappa shape index (κ1) is 16.0. The Hall–Kier alpha value is -2.88. The Labute approximate surface area is 143 Å². The van der Waals surface area contributed by atoms with Crippen molar-refractivity contribution in [1.29, 1.82) is 0 Å². The quantitative estimate of drug-likeness (QED) is 0.828. The molecule has 0 amide bonds. The standard InChI is InChI=1S/C20H22N4/c1-13(2)18-23-19(21-16-9-5-14(3)6-10-16)20(24-18)22-17-11-7-15(4)8-12-17/h5-12H,1-4H3,(H,21,23)(H,22,24). The van der Waals surface area contributed by atoms with Gasteiger partial charge in [-0.05, 0) is 57.5 Å². The molecule has 2 aromatic carbocycles. The van der Waals surface area contributed by atoms with Crippen LogP contribution in [-0.2, 0) is 0 Å². The number of benzene rings is 2. The van der Waals surface area contributed by atoms with Crippen LogP contribution in [0.25, 0.3) is 0 Å². The molecule has 0 atom stereocenters. The van der Waals surface area contributed by atoms with Crippen LogP contribution in [0.2, 0.25) is 0 Å². The summed E-state index contributed by atoms with van der Waals surface area (Å²) in [4.78, 5) is 9.24. The maximum atomic E-state index is 4.62. The molecule has 0 aliphatic carbocycles. The van der Waals surface area contributed by atoms with Crippen molar-refractivity contribution in [2.24, 2.45) is 9.98 Å². The highest BCUT2D eigenvalue weighted by atomic mass is 15.2. The molecule has 1 aliphatic heterocycles. The van der Waals surface area contributed by atoms with E-state index in [9.17, 15) is 0 Å². The highest BCUT2D eigenvalue weighted by Gasteiger charge is 2.18. The van der Waals surface area contributed by atoms with Crippen molar-refractivity contribution in [3.8, 4) is 0 Å². The van der Waals surface area contributed by atoms with Gasteiger partial charge in [-0.3, -0.25) is 0 Å². The van der Waals surface area contributed by atoms with E-state index in [1.54, 1.807) is 0 Å². The van der Waals surface area contributed by atoms with E-state index < -0.39 is 0 Å². The minimum absolute atomic E-state index is 0.732. The number of hydrogen-bond acceptors (Lipinski definition) is 4. The van der Waals surface area contributed by atoms with Crippen LogP contribution in [0.5, 0.6) is 0 Å². The van der Waals surface area contributed by atoms with E-state index in [2.05, 4.69) is 58.7 Å². The van der Waals surface area contributed by atoms with E-state index in [-0.39, 0.29) is 0 Å². The lowest BCUT2D eigenvalue weighted by molar-refractivity contribution is 1.17. The molecule has 0 fully saturated rings. The average molecular weight is 318 g/mol. The smallest absolute Gasteiger partial charge is 0.176 e. The largest absolute Gasteiger partial charge is 0.337 e. The maximum Gasteiger partial charge on any atom is 0.176 e. The summed E-state index contributed by atoms with van der Waals surface area (Å²) >= 11 is 0. The first-order chi connectivity index (χ1) is 11.5. The van der Waals surface area contributed by atoms with Crippen molar-refractivity contribution >= 4 is 23.0 Å². The molecule has 1 aliphatic rings. The zero-order chi connectivity index (χ0) is 17.1. The summed E-state index contributed by atoms with van der Waals surface area (Å²) in [5.74, 6) is 2.21. The van der Waals surface area contributed by atoms with Gasteiger partial charge in [0.15, 0.2) is 17.5 Å². The first-order valence-electron chi connectivity index (χ1n) is 8.04. The lowest BCUT2D eigenvalue weighted by Gasteiger charge is -2.11.